The third-order valence-electron chi connectivity index (χ3n) is 2.80. The number of hydrogen-bond donors (Lipinski definition) is 1. The van der Waals surface area contributed by atoms with Gasteiger partial charge in [-0.15, -0.1) is 22.7 Å². The summed E-state index contributed by atoms with van der Waals surface area (Å²) in [5.74, 6) is 0.0243. The highest BCUT2D eigenvalue weighted by Gasteiger charge is 2.29. The maximum Gasteiger partial charge on any atom is 0.238 e. The molecule has 0 aliphatic carbocycles. The first-order chi connectivity index (χ1) is 8.75. The summed E-state index contributed by atoms with van der Waals surface area (Å²) in [6.07, 6.45) is 2.11. The fraction of sp³-hybridized carbons (Fsp3) is 0.154. The fourth-order valence-corrected chi connectivity index (χ4v) is 3.47. The highest BCUT2D eigenvalue weighted by atomic mass is 32.1. The smallest absolute Gasteiger partial charge is 0.238 e. The Hall–Kier alpha value is -1.59. The number of nitrogens with one attached hydrogen (secondary N) is 1. The highest BCUT2D eigenvalue weighted by Crippen LogP contribution is 2.34. The quantitative estimate of drug-likeness (QED) is 0.913. The minimum absolute atomic E-state index is 0.000370. The summed E-state index contributed by atoms with van der Waals surface area (Å²) in [6, 6.07) is 8.13. The Morgan fingerprint density at radius 2 is 2.06 bits per heavy atom. The summed E-state index contributed by atoms with van der Waals surface area (Å²) in [7, 11) is 0. The first kappa shape index (κ1) is 11.5. The number of hydrazine groups is 1. The number of thiophene rings is 2. The lowest BCUT2D eigenvalue weighted by molar-refractivity contribution is -0.131. The predicted molar refractivity (Wildman–Crippen MR) is 75.0 cm³/mol. The van der Waals surface area contributed by atoms with Gasteiger partial charge >= 0.3 is 0 Å². The van der Waals surface area contributed by atoms with Gasteiger partial charge in [-0.2, -0.15) is 0 Å². The van der Waals surface area contributed by atoms with Crippen molar-refractivity contribution in [3.05, 3.63) is 50.9 Å². The third-order valence-corrected chi connectivity index (χ3v) is 4.65. The molecule has 2 aromatic heterocycles. The second-order valence-corrected chi connectivity index (χ2v) is 5.95. The van der Waals surface area contributed by atoms with Crippen LogP contribution in [0.3, 0.4) is 0 Å². The summed E-state index contributed by atoms with van der Waals surface area (Å²) < 4.78 is 0. The van der Waals surface area contributed by atoms with E-state index < -0.39 is 0 Å². The molecule has 0 aromatic carbocycles. The topological polar surface area (TPSA) is 32.3 Å². The van der Waals surface area contributed by atoms with E-state index >= 15 is 0 Å². The maximum absolute atomic E-state index is 11.7. The normalized spacial score (nSPS) is 18.6. The van der Waals surface area contributed by atoms with Gasteiger partial charge in [-0.1, -0.05) is 12.1 Å². The van der Waals surface area contributed by atoms with Gasteiger partial charge in [0.15, 0.2) is 0 Å². The van der Waals surface area contributed by atoms with Gasteiger partial charge < -0.3 is 0 Å². The molecule has 1 aliphatic heterocycles. The van der Waals surface area contributed by atoms with Crippen molar-refractivity contribution < 1.29 is 4.79 Å². The number of rotatable bonds is 2. The summed E-state index contributed by atoms with van der Waals surface area (Å²) in [4.78, 5) is 14.0. The van der Waals surface area contributed by atoms with Crippen molar-refractivity contribution in [2.24, 2.45) is 0 Å². The Labute approximate surface area is 113 Å². The van der Waals surface area contributed by atoms with E-state index in [-0.39, 0.29) is 11.9 Å². The number of amides is 1. The molecule has 0 spiro atoms. The van der Waals surface area contributed by atoms with Crippen molar-refractivity contribution >= 4 is 34.3 Å². The third kappa shape index (κ3) is 1.95. The number of hydrogen-bond acceptors (Lipinski definition) is 4. The summed E-state index contributed by atoms with van der Waals surface area (Å²) in [5.41, 5.74) is 4.21. The van der Waals surface area contributed by atoms with Gasteiger partial charge in [0.05, 0.1) is 10.6 Å². The minimum Gasteiger partial charge on any atom is -0.294 e. The zero-order chi connectivity index (χ0) is 12.5. The Morgan fingerprint density at radius 1 is 1.28 bits per heavy atom. The monoisotopic (exact) mass is 276 g/mol. The zero-order valence-corrected chi connectivity index (χ0v) is 11.4. The number of carbonyl (C=O) groups excluding carboxylic acids is 1. The van der Waals surface area contributed by atoms with E-state index in [1.807, 2.05) is 22.9 Å². The minimum atomic E-state index is -0.000370. The lowest BCUT2D eigenvalue weighted by atomic mass is 10.2. The number of carbonyl (C=O) groups is 1. The standard InChI is InChI=1S/C13H12N2OS2/c1-9(16)15-11(13-5-3-7-18-13)8-10(14-15)12-4-2-6-17-12/h2-8,11,14H,1H3. The Kier molecular flexibility index (Phi) is 2.93. The van der Waals surface area contributed by atoms with Crippen LogP contribution in [0.5, 0.6) is 0 Å². The molecule has 0 bridgehead atoms. The molecule has 0 fully saturated rings. The molecule has 3 rings (SSSR count). The molecule has 1 amide bonds. The maximum atomic E-state index is 11.7. The van der Waals surface area contributed by atoms with Crippen molar-refractivity contribution in [2.75, 3.05) is 0 Å². The van der Waals surface area contributed by atoms with E-state index in [1.165, 1.54) is 4.88 Å². The molecule has 1 N–H and O–H groups in total. The zero-order valence-electron chi connectivity index (χ0n) is 9.79. The Morgan fingerprint density at radius 3 is 2.67 bits per heavy atom. The van der Waals surface area contributed by atoms with Crippen molar-refractivity contribution in [3.63, 3.8) is 0 Å². The van der Waals surface area contributed by atoms with E-state index in [1.54, 1.807) is 34.6 Å². The summed E-state index contributed by atoms with van der Waals surface area (Å²) in [6.45, 7) is 1.58. The van der Waals surface area contributed by atoms with Crippen molar-refractivity contribution in [2.45, 2.75) is 13.0 Å². The predicted octanol–water partition coefficient (Wildman–Crippen LogP) is 3.26. The lowest BCUT2D eigenvalue weighted by Gasteiger charge is -2.22. The van der Waals surface area contributed by atoms with Crippen LogP contribution in [0.4, 0.5) is 0 Å². The van der Waals surface area contributed by atoms with Crippen LogP contribution in [0, 0.1) is 0 Å². The molecule has 1 atom stereocenters. The molecule has 0 radical (unpaired) electrons. The summed E-state index contributed by atoms with van der Waals surface area (Å²) >= 11 is 3.33. The van der Waals surface area contributed by atoms with Crippen LogP contribution in [0.15, 0.2) is 41.1 Å². The molecule has 1 unspecified atom stereocenters. The van der Waals surface area contributed by atoms with Crippen molar-refractivity contribution in [1.29, 1.82) is 0 Å². The molecule has 3 heterocycles. The lowest BCUT2D eigenvalue weighted by Crippen LogP contribution is -2.37. The van der Waals surface area contributed by atoms with Gasteiger partial charge in [0, 0.05) is 11.8 Å². The first-order valence-electron chi connectivity index (χ1n) is 5.61. The largest absolute Gasteiger partial charge is 0.294 e. The molecule has 18 heavy (non-hydrogen) atoms. The molecule has 2 aromatic rings. The Bertz CT molecular complexity index is 572. The van der Waals surface area contributed by atoms with E-state index in [4.69, 9.17) is 0 Å². The van der Waals surface area contributed by atoms with Crippen LogP contribution >= 0.6 is 22.7 Å². The average Bonchev–Trinajstić information content (AvgIpc) is 3.10. The van der Waals surface area contributed by atoms with Gasteiger partial charge in [0.2, 0.25) is 5.91 Å². The van der Waals surface area contributed by atoms with Crippen LogP contribution in [0.1, 0.15) is 22.7 Å². The van der Waals surface area contributed by atoms with Crippen LogP contribution in [0.2, 0.25) is 0 Å². The molecular formula is C13H12N2OS2. The SMILES string of the molecule is CC(=O)N1NC(c2cccs2)=CC1c1cccs1. The van der Waals surface area contributed by atoms with E-state index in [9.17, 15) is 4.79 Å². The van der Waals surface area contributed by atoms with Crippen LogP contribution in [-0.2, 0) is 4.79 Å². The van der Waals surface area contributed by atoms with Gasteiger partial charge in [-0.3, -0.25) is 10.2 Å². The molecule has 5 heteroatoms. The van der Waals surface area contributed by atoms with Gasteiger partial charge in [-0.25, -0.2) is 5.01 Å². The van der Waals surface area contributed by atoms with Crippen LogP contribution in [0.25, 0.3) is 5.70 Å². The molecule has 0 saturated carbocycles. The van der Waals surface area contributed by atoms with Crippen LogP contribution < -0.4 is 5.43 Å². The average molecular weight is 276 g/mol. The molecule has 1 aliphatic rings. The van der Waals surface area contributed by atoms with E-state index in [0.717, 1.165) is 10.6 Å². The van der Waals surface area contributed by atoms with Crippen LogP contribution in [-0.4, -0.2) is 10.9 Å². The molecule has 92 valence electrons. The second kappa shape index (κ2) is 4.59. The van der Waals surface area contributed by atoms with Crippen molar-refractivity contribution in [1.82, 2.24) is 10.4 Å². The molecule has 3 nitrogen and oxygen atoms in total. The van der Waals surface area contributed by atoms with Gasteiger partial charge in [0.1, 0.15) is 6.04 Å². The Balaban J connectivity index is 1.96. The van der Waals surface area contributed by atoms with Crippen molar-refractivity contribution in [3.8, 4) is 0 Å². The van der Waals surface area contributed by atoms with E-state index in [0.29, 0.717) is 0 Å². The molecule has 0 saturated heterocycles. The van der Waals surface area contributed by atoms with E-state index in [2.05, 4.69) is 23.6 Å². The first-order valence-corrected chi connectivity index (χ1v) is 7.37. The second-order valence-electron chi connectivity index (χ2n) is 4.02. The fourth-order valence-electron chi connectivity index (χ4n) is 1.98. The van der Waals surface area contributed by atoms with Gasteiger partial charge in [-0.05, 0) is 29.0 Å². The highest BCUT2D eigenvalue weighted by molar-refractivity contribution is 7.11. The molecular weight excluding hydrogens is 264 g/mol. The summed E-state index contributed by atoms with van der Waals surface area (Å²) in [5, 5.41) is 5.75. The number of nitrogens with zero attached hydrogens (tertiary/aromatic N) is 1. The van der Waals surface area contributed by atoms with Gasteiger partial charge in [0.25, 0.3) is 0 Å².